The molecule has 6 aliphatic rings. The smallest absolute Gasteiger partial charge is 0.293 e. The van der Waals surface area contributed by atoms with E-state index >= 15 is 0 Å². The highest BCUT2D eigenvalue weighted by molar-refractivity contribution is 7.90. The molecule has 6 fully saturated rings. The van der Waals surface area contributed by atoms with Gasteiger partial charge in [0.25, 0.3) is 21.6 Å². The molecular weight excluding hydrogens is 1030 g/mol. The molecule has 2 aliphatic heterocycles. The van der Waals surface area contributed by atoms with Gasteiger partial charge in [0.15, 0.2) is 11.5 Å². The molecule has 0 radical (unpaired) electrons. The highest BCUT2D eigenvalue weighted by Gasteiger charge is 2.55. The summed E-state index contributed by atoms with van der Waals surface area (Å²) in [6.07, 6.45) is 12.3. The molecule has 4 aromatic carbocycles. The van der Waals surface area contributed by atoms with Gasteiger partial charge in [-0.1, -0.05) is 44.2 Å². The van der Waals surface area contributed by atoms with E-state index in [1.165, 1.54) is 53.3 Å². The molecule has 79 heavy (non-hydrogen) atoms. The molecular formula is C60H69FN8O9S. The van der Waals surface area contributed by atoms with Crippen LogP contribution >= 0.6 is 0 Å². The predicted octanol–water partition coefficient (Wildman–Crippen LogP) is 10.6. The molecule has 4 aliphatic carbocycles. The summed E-state index contributed by atoms with van der Waals surface area (Å²) in [6, 6.07) is 25.9. The Balaban J connectivity index is 0.742. The number of pyridine rings is 1. The third kappa shape index (κ3) is 11.5. The van der Waals surface area contributed by atoms with Crippen molar-refractivity contribution in [2.45, 2.75) is 132 Å². The fourth-order valence-electron chi connectivity index (χ4n) is 12.3. The van der Waals surface area contributed by atoms with E-state index in [1.807, 2.05) is 0 Å². The van der Waals surface area contributed by atoms with Crippen LogP contribution in [0.3, 0.4) is 0 Å². The van der Waals surface area contributed by atoms with Crippen molar-refractivity contribution in [1.29, 1.82) is 0 Å². The highest BCUT2D eigenvalue weighted by atomic mass is 32.2. The Labute approximate surface area is 460 Å². The Morgan fingerprint density at radius 3 is 2.41 bits per heavy atom. The van der Waals surface area contributed by atoms with Gasteiger partial charge in [0.05, 0.1) is 44.8 Å². The molecule has 4 heterocycles. The van der Waals surface area contributed by atoms with Crippen LogP contribution in [0.4, 0.5) is 21.5 Å². The topological polar surface area (TPSA) is 205 Å². The second kappa shape index (κ2) is 21.0. The number of amides is 1. The lowest BCUT2D eigenvalue weighted by atomic mass is 9.59. The minimum Gasteiger partial charge on any atom is -0.487 e. The Bertz CT molecular complexity index is 3390. The third-order valence-electron chi connectivity index (χ3n) is 17.1. The number of nitro benzene ring substituents is 1. The normalized spacial score (nSPS) is 22.6. The number of aromatic nitrogens is 2. The monoisotopic (exact) mass is 1100 g/mol. The summed E-state index contributed by atoms with van der Waals surface area (Å²) in [5.74, 6) is 0.842. The largest absolute Gasteiger partial charge is 0.487 e. The van der Waals surface area contributed by atoms with Gasteiger partial charge >= 0.3 is 0 Å². The first-order valence-electron chi connectivity index (χ1n) is 28.0. The molecule has 2 aromatic heterocycles. The van der Waals surface area contributed by atoms with Crippen molar-refractivity contribution in [1.82, 2.24) is 24.5 Å². The van der Waals surface area contributed by atoms with Crippen LogP contribution in [0.1, 0.15) is 124 Å². The summed E-state index contributed by atoms with van der Waals surface area (Å²) in [7, 11) is -4.65. The van der Waals surface area contributed by atoms with Crippen LogP contribution in [-0.2, 0) is 16.6 Å². The van der Waals surface area contributed by atoms with Gasteiger partial charge in [-0.3, -0.25) is 24.7 Å². The number of benzene rings is 4. The van der Waals surface area contributed by atoms with Gasteiger partial charge < -0.3 is 34.5 Å². The molecule has 6 aromatic rings. The number of anilines is 2. The maximum absolute atomic E-state index is 14.8. The number of nitrogens with one attached hydrogen (secondary N) is 3. The Kier molecular flexibility index (Phi) is 14.1. The number of halogens is 1. The molecule has 4 N–H and O–H groups in total. The van der Waals surface area contributed by atoms with Gasteiger partial charge in [0.1, 0.15) is 28.7 Å². The van der Waals surface area contributed by atoms with Gasteiger partial charge in [-0.2, -0.15) is 0 Å². The Morgan fingerprint density at radius 2 is 1.67 bits per heavy atom. The minimum absolute atomic E-state index is 0.0169. The highest BCUT2D eigenvalue weighted by Crippen LogP contribution is 2.54. The number of piperazine rings is 1. The molecule has 1 spiro atoms. The quantitative estimate of drug-likeness (QED) is 0.0440. The second-order valence-corrected chi connectivity index (χ2v) is 25.5. The van der Waals surface area contributed by atoms with Crippen molar-refractivity contribution < 1.29 is 41.8 Å². The van der Waals surface area contributed by atoms with Crippen molar-refractivity contribution in [3.63, 3.8) is 0 Å². The molecule has 0 unspecified atom stereocenters. The summed E-state index contributed by atoms with van der Waals surface area (Å²) in [6.45, 7) is 11.9. The number of nitro groups is 1. The van der Waals surface area contributed by atoms with Crippen molar-refractivity contribution in [2.75, 3.05) is 49.5 Å². The third-order valence-corrected chi connectivity index (χ3v) is 18.4. The SMILES string of the molecule is CC(C)c1ccccc1[C@@H]1CN(Cc2ccc(OC3CC3)c(OC3CC3)c2)CCN1C1CC2(C1)CN(c1ccc(C(=O)NS(=O)(=O)c3ccc(NCC4CCC(C)(O)CC4)c([N+](=O)[O-])c3)c(Oc3cnc4[nH]cc(F)c4c3)c1)C2. The van der Waals surface area contributed by atoms with Gasteiger partial charge in [-0.15, -0.1) is 0 Å². The molecule has 1 amide bonds. The van der Waals surface area contributed by atoms with Crippen LogP contribution < -0.4 is 29.1 Å². The molecule has 1 atom stereocenters. The lowest BCUT2D eigenvalue weighted by Crippen LogP contribution is -2.68. The molecule has 0 bridgehead atoms. The first kappa shape index (κ1) is 52.9. The Hall–Kier alpha value is -6.80. The van der Waals surface area contributed by atoms with E-state index in [4.69, 9.17) is 14.2 Å². The number of carbonyl (C=O) groups excluding carboxylic acids is 1. The Morgan fingerprint density at radius 1 is 0.924 bits per heavy atom. The van der Waals surface area contributed by atoms with Crippen LogP contribution in [0.2, 0.25) is 0 Å². The van der Waals surface area contributed by atoms with E-state index < -0.39 is 42.9 Å². The summed E-state index contributed by atoms with van der Waals surface area (Å²) >= 11 is 0. The fraction of sp³-hybridized carbons (Fsp3) is 0.467. The molecule has 4 saturated carbocycles. The summed E-state index contributed by atoms with van der Waals surface area (Å²) in [5.41, 5.74) is 3.96. The first-order valence-corrected chi connectivity index (χ1v) is 29.5. The fourth-order valence-corrected chi connectivity index (χ4v) is 13.3. The summed E-state index contributed by atoms with van der Waals surface area (Å²) in [5, 5.41) is 25.9. The maximum Gasteiger partial charge on any atom is 0.293 e. The second-order valence-electron chi connectivity index (χ2n) is 23.8. The van der Waals surface area contributed by atoms with Gasteiger partial charge in [-0.25, -0.2) is 22.5 Å². The zero-order valence-electron chi connectivity index (χ0n) is 45.0. The molecule has 416 valence electrons. The zero-order valence-corrected chi connectivity index (χ0v) is 45.8. The van der Waals surface area contributed by atoms with Crippen LogP contribution in [0.5, 0.6) is 23.0 Å². The lowest BCUT2D eigenvalue weighted by Gasteiger charge is -2.63. The number of aliphatic hydroxyl groups is 1. The van der Waals surface area contributed by atoms with Gasteiger partial charge in [-0.05, 0) is 142 Å². The van der Waals surface area contributed by atoms with E-state index in [2.05, 4.69) is 91.0 Å². The van der Waals surface area contributed by atoms with Crippen molar-refractivity contribution in [3.05, 3.63) is 136 Å². The van der Waals surface area contributed by atoms with Crippen molar-refractivity contribution >= 4 is 44.0 Å². The number of hydrogen-bond acceptors (Lipinski definition) is 14. The zero-order chi connectivity index (χ0) is 54.8. The van der Waals surface area contributed by atoms with E-state index in [-0.39, 0.29) is 51.6 Å². The first-order chi connectivity index (χ1) is 37.9. The van der Waals surface area contributed by atoms with Crippen LogP contribution in [-0.4, -0.2) is 107 Å². The lowest BCUT2D eigenvalue weighted by molar-refractivity contribution is -0.384. The van der Waals surface area contributed by atoms with Crippen molar-refractivity contribution in [3.8, 4) is 23.0 Å². The number of hydrogen-bond donors (Lipinski definition) is 4. The average molecular weight is 1100 g/mol. The van der Waals surface area contributed by atoms with Crippen LogP contribution in [0.25, 0.3) is 11.0 Å². The number of fused-ring (bicyclic) bond motifs is 1. The number of nitrogens with zero attached hydrogens (tertiary/aromatic N) is 5. The number of aromatic amines is 1. The van der Waals surface area contributed by atoms with Crippen LogP contribution in [0, 0.1) is 27.3 Å². The molecule has 12 rings (SSSR count). The van der Waals surface area contributed by atoms with E-state index in [0.29, 0.717) is 43.1 Å². The van der Waals surface area contributed by atoms with Crippen LogP contribution in [0.15, 0.2) is 102 Å². The number of rotatable bonds is 19. The van der Waals surface area contributed by atoms with Crippen molar-refractivity contribution in [2.24, 2.45) is 11.3 Å². The van der Waals surface area contributed by atoms with E-state index in [9.17, 15) is 32.8 Å². The van der Waals surface area contributed by atoms with Gasteiger partial charge in [0.2, 0.25) is 0 Å². The standard InChI is InChI=1S/C60H69FN8O9S/c1-37(2)46-6-4-5-7-47(46)53-34-66(33-39-8-17-54(76-42-10-11-42)56(24-39)77-43-12-13-43)22-23-68(53)41-28-60(29-41)35-67(36-60)40-9-15-48(55(25-40)78-44-26-49-50(61)32-64-57(49)63-31-44)58(70)65-79(74,75)45-14-16-51(52(27-45)69(72)73)62-30-38-18-20-59(3,71)21-19-38/h4-9,14-17,24-27,31-32,37-38,41-43,53,62,71H,10-13,18-23,28-30,33-36H2,1-3H3,(H,63,64)(H,65,70)/t38?,53-,59?/m0/s1. The van der Waals surface area contributed by atoms with E-state index in [1.54, 1.807) is 19.1 Å². The molecule has 19 heteroatoms. The average Bonchev–Trinajstić information content (AvgIpc) is 4.53. The maximum atomic E-state index is 14.8. The summed E-state index contributed by atoms with van der Waals surface area (Å²) < 4.78 is 63.6. The minimum atomic E-state index is -4.65. The number of sulfonamides is 1. The predicted molar refractivity (Wildman–Crippen MR) is 298 cm³/mol. The molecule has 2 saturated heterocycles. The molecule has 17 nitrogen and oxygen atoms in total. The number of carbonyl (C=O) groups is 1. The number of H-pyrrole nitrogens is 1. The van der Waals surface area contributed by atoms with E-state index in [0.717, 1.165) is 114 Å². The summed E-state index contributed by atoms with van der Waals surface area (Å²) in [4.78, 5) is 39.9. The number of ether oxygens (including phenoxy) is 3. The van der Waals surface area contributed by atoms with Gasteiger partial charge in [0, 0.05) is 87.3 Å².